The van der Waals surface area contributed by atoms with Crippen LogP contribution in [-0.2, 0) is 20.6 Å². The zero-order chi connectivity index (χ0) is 28.2. The second-order valence-corrected chi connectivity index (χ2v) is 9.69. The Kier molecular flexibility index (Phi) is 6.24. The second-order valence-electron chi connectivity index (χ2n) is 9.69. The summed E-state index contributed by atoms with van der Waals surface area (Å²) in [6.45, 7) is 4.22. The molecule has 4 heterocycles. The lowest BCUT2D eigenvalue weighted by Crippen LogP contribution is -2.18. The van der Waals surface area contributed by atoms with Crippen LogP contribution in [-0.4, -0.2) is 30.1 Å². The monoisotopic (exact) mass is 537 g/mol. The van der Waals surface area contributed by atoms with Gasteiger partial charge in [0.15, 0.2) is 5.75 Å². The average Bonchev–Trinajstić information content (AvgIpc) is 3.43. The molecule has 0 aliphatic rings. The summed E-state index contributed by atoms with van der Waals surface area (Å²) in [4.78, 5) is 28.9. The van der Waals surface area contributed by atoms with Gasteiger partial charge in [-0.1, -0.05) is 18.2 Å². The van der Waals surface area contributed by atoms with Gasteiger partial charge in [-0.3, -0.25) is 14.3 Å². The number of fused-ring (bicyclic) bond motifs is 1. The molecule has 0 bridgehead atoms. The minimum absolute atomic E-state index is 0.242. The molecule has 0 aliphatic heterocycles. The fourth-order valence-corrected chi connectivity index (χ4v) is 4.71. The van der Waals surface area contributed by atoms with Gasteiger partial charge >= 0.3 is 6.18 Å². The number of H-pyrrole nitrogens is 1. The predicted octanol–water partition coefficient (Wildman–Crippen LogP) is 5.38. The standard InChI is InChI=1S/C28H26F3N5O3/c1-15-7-6-8-16(2)26(15)39-23-13-34(4)24(37)10-18(23)21-11-35(5)27(38)25-19(21)9-22(32-25)20-12-36(33-17(20)3)14-28(29,30)31/h6-13,32H,14H2,1-5H3. The predicted molar refractivity (Wildman–Crippen MR) is 142 cm³/mol. The molecule has 8 nitrogen and oxygen atoms in total. The van der Waals surface area contributed by atoms with Crippen LogP contribution < -0.4 is 15.9 Å². The second kappa shape index (κ2) is 9.33. The first-order valence-corrected chi connectivity index (χ1v) is 12.1. The van der Waals surface area contributed by atoms with E-state index in [4.69, 9.17) is 4.74 Å². The first kappa shape index (κ1) is 26.1. The van der Waals surface area contributed by atoms with E-state index in [9.17, 15) is 22.8 Å². The van der Waals surface area contributed by atoms with Crippen LogP contribution >= 0.6 is 0 Å². The molecule has 0 unspecified atom stereocenters. The van der Waals surface area contributed by atoms with E-state index in [1.54, 1.807) is 39.5 Å². The van der Waals surface area contributed by atoms with Gasteiger partial charge in [0.25, 0.3) is 11.1 Å². The van der Waals surface area contributed by atoms with Crippen molar-refractivity contribution in [2.45, 2.75) is 33.5 Å². The van der Waals surface area contributed by atoms with Crippen molar-refractivity contribution in [1.29, 1.82) is 0 Å². The number of para-hydroxylation sites is 1. The van der Waals surface area contributed by atoms with Crippen LogP contribution in [0, 0.1) is 20.8 Å². The van der Waals surface area contributed by atoms with Crippen LogP contribution in [0.15, 0.2) is 58.5 Å². The van der Waals surface area contributed by atoms with Crippen LogP contribution in [0.4, 0.5) is 13.2 Å². The number of hydrogen-bond acceptors (Lipinski definition) is 4. The van der Waals surface area contributed by atoms with E-state index in [1.807, 2.05) is 32.0 Å². The van der Waals surface area contributed by atoms with Crippen molar-refractivity contribution >= 4 is 10.9 Å². The number of ether oxygens (including phenoxy) is 1. The quantitative estimate of drug-likeness (QED) is 0.326. The summed E-state index contributed by atoms with van der Waals surface area (Å²) >= 11 is 0. The topological polar surface area (TPSA) is 86.8 Å². The third kappa shape index (κ3) is 4.87. The fraction of sp³-hybridized carbons (Fsp3) is 0.250. The molecule has 4 aromatic heterocycles. The summed E-state index contributed by atoms with van der Waals surface area (Å²) in [5.74, 6) is 1.06. The first-order valence-electron chi connectivity index (χ1n) is 12.1. The van der Waals surface area contributed by atoms with Crippen molar-refractivity contribution in [3.63, 3.8) is 0 Å². The molecule has 39 heavy (non-hydrogen) atoms. The number of aryl methyl sites for hydroxylation is 5. The van der Waals surface area contributed by atoms with Gasteiger partial charge in [-0.05, 0) is 38.0 Å². The number of benzene rings is 1. The van der Waals surface area contributed by atoms with Crippen molar-refractivity contribution < 1.29 is 17.9 Å². The molecule has 202 valence electrons. The zero-order valence-electron chi connectivity index (χ0n) is 22.0. The van der Waals surface area contributed by atoms with Gasteiger partial charge in [-0.15, -0.1) is 0 Å². The number of nitrogens with one attached hydrogen (secondary N) is 1. The van der Waals surface area contributed by atoms with Gasteiger partial charge in [0.05, 0.1) is 17.6 Å². The number of hydrogen-bond donors (Lipinski definition) is 1. The molecule has 5 aromatic rings. The van der Waals surface area contributed by atoms with Crippen molar-refractivity contribution in [3.8, 4) is 33.9 Å². The molecule has 0 aliphatic carbocycles. The van der Waals surface area contributed by atoms with Gasteiger partial charge in [0, 0.05) is 54.6 Å². The fourth-order valence-electron chi connectivity index (χ4n) is 4.71. The third-order valence-electron chi connectivity index (χ3n) is 6.65. The minimum atomic E-state index is -4.43. The Balaban J connectivity index is 1.72. The highest BCUT2D eigenvalue weighted by molar-refractivity contribution is 5.98. The smallest absolute Gasteiger partial charge is 0.408 e. The van der Waals surface area contributed by atoms with Gasteiger partial charge in [0.1, 0.15) is 17.8 Å². The van der Waals surface area contributed by atoms with Crippen molar-refractivity contribution in [2.24, 2.45) is 14.1 Å². The Hall–Kier alpha value is -4.54. The van der Waals surface area contributed by atoms with Crippen LogP contribution in [0.3, 0.4) is 0 Å². The molecule has 0 fully saturated rings. The van der Waals surface area contributed by atoms with E-state index in [0.29, 0.717) is 45.0 Å². The molecule has 5 rings (SSSR count). The molecule has 0 saturated heterocycles. The van der Waals surface area contributed by atoms with E-state index < -0.39 is 12.7 Å². The average molecular weight is 538 g/mol. The molecule has 1 N–H and O–H groups in total. The van der Waals surface area contributed by atoms with Crippen molar-refractivity contribution in [3.05, 3.63) is 86.5 Å². The van der Waals surface area contributed by atoms with Gasteiger partial charge < -0.3 is 18.9 Å². The van der Waals surface area contributed by atoms with Gasteiger partial charge in [0.2, 0.25) is 0 Å². The minimum Gasteiger partial charge on any atom is -0.455 e. The lowest BCUT2D eigenvalue weighted by Gasteiger charge is -2.17. The van der Waals surface area contributed by atoms with Crippen molar-refractivity contribution in [2.75, 3.05) is 0 Å². The lowest BCUT2D eigenvalue weighted by atomic mass is 10.0. The molecule has 0 spiro atoms. The first-order chi connectivity index (χ1) is 18.3. The molecule has 0 saturated carbocycles. The Morgan fingerprint density at radius 3 is 2.28 bits per heavy atom. The molecule has 0 amide bonds. The summed E-state index contributed by atoms with van der Waals surface area (Å²) in [7, 11) is 3.21. The summed E-state index contributed by atoms with van der Waals surface area (Å²) in [5.41, 5.74) is 3.71. The number of aromatic nitrogens is 5. The SMILES string of the molecule is Cc1cccc(C)c1Oc1cn(C)c(=O)cc1-c1cn(C)c(=O)c2[nH]c(-c3cn(CC(F)(F)F)nc3C)cc12. The maximum absolute atomic E-state index is 13.1. The van der Waals surface area contributed by atoms with Crippen LogP contribution in [0.2, 0.25) is 0 Å². The van der Waals surface area contributed by atoms with E-state index in [-0.39, 0.29) is 16.6 Å². The third-order valence-corrected chi connectivity index (χ3v) is 6.65. The molecular formula is C28H26F3N5O3. The number of aromatic amines is 1. The maximum atomic E-state index is 13.1. The Morgan fingerprint density at radius 1 is 0.923 bits per heavy atom. The normalized spacial score (nSPS) is 11.9. The molecule has 1 aromatic carbocycles. The highest BCUT2D eigenvalue weighted by Crippen LogP contribution is 2.38. The van der Waals surface area contributed by atoms with E-state index in [2.05, 4.69) is 10.1 Å². The summed E-state index contributed by atoms with van der Waals surface area (Å²) in [6.07, 6.45) is 0.0873. The van der Waals surface area contributed by atoms with E-state index in [0.717, 1.165) is 15.8 Å². The molecule has 0 radical (unpaired) electrons. The Bertz CT molecular complexity index is 1840. The molecule has 0 atom stereocenters. The summed E-state index contributed by atoms with van der Waals surface area (Å²) in [5, 5.41) is 4.49. The highest BCUT2D eigenvalue weighted by atomic mass is 19.4. The van der Waals surface area contributed by atoms with Crippen LogP contribution in [0.1, 0.15) is 16.8 Å². The van der Waals surface area contributed by atoms with Gasteiger partial charge in [-0.2, -0.15) is 18.3 Å². The van der Waals surface area contributed by atoms with E-state index >= 15 is 0 Å². The van der Waals surface area contributed by atoms with E-state index in [1.165, 1.54) is 21.4 Å². The van der Waals surface area contributed by atoms with Crippen LogP contribution in [0.5, 0.6) is 11.5 Å². The number of rotatable bonds is 5. The number of nitrogens with zero attached hydrogens (tertiary/aromatic N) is 4. The number of alkyl halides is 3. The largest absolute Gasteiger partial charge is 0.455 e. The summed E-state index contributed by atoms with van der Waals surface area (Å²) < 4.78 is 48.8. The number of halogens is 3. The lowest BCUT2D eigenvalue weighted by molar-refractivity contribution is -0.142. The zero-order valence-corrected chi connectivity index (χ0v) is 22.0. The Morgan fingerprint density at radius 2 is 1.62 bits per heavy atom. The maximum Gasteiger partial charge on any atom is 0.408 e. The molecular weight excluding hydrogens is 511 g/mol. The Labute approximate surface area is 220 Å². The van der Waals surface area contributed by atoms with Crippen LogP contribution in [0.25, 0.3) is 33.3 Å². The summed E-state index contributed by atoms with van der Waals surface area (Å²) in [6, 6.07) is 8.91. The van der Waals surface area contributed by atoms with Crippen molar-refractivity contribution in [1.82, 2.24) is 23.9 Å². The number of pyridine rings is 2. The highest BCUT2D eigenvalue weighted by Gasteiger charge is 2.29. The van der Waals surface area contributed by atoms with Gasteiger partial charge in [-0.25, -0.2) is 0 Å². The molecule has 11 heteroatoms.